The first-order chi connectivity index (χ1) is 15.1. The molecule has 0 radical (unpaired) electrons. The second-order valence-electron chi connectivity index (χ2n) is 10.7. The first kappa shape index (κ1) is 22.3. The van der Waals surface area contributed by atoms with Gasteiger partial charge in [0, 0.05) is 10.0 Å². The summed E-state index contributed by atoms with van der Waals surface area (Å²) in [5.74, 6) is 0.267. The lowest BCUT2D eigenvalue weighted by molar-refractivity contribution is -0.151. The van der Waals surface area contributed by atoms with E-state index >= 15 is 0 Å². The van der Waals surface area contributed by atoms with Crippen LogP contribution in [0.4, 0.5) is 0 Å². The Bertz CT molecular complexity index is 1050. The maximum atomic E-state index is 13.8. The fourth-order valence-corrected chi connectivity index (χ4v) is 9.81. The zero-order valence-corrected chi connectivity index (χ0v) is 20.4. The monoisotopic (exact) mass is 523 g/mol. The topological polar surface area (TPSA) is 118 Å². The highest BCUT2D eigenvalue weighted by Gasteiger charge is 2.61. The van der Waals surface area contributed by atoms with Crippen LogP contribution in [0.1, 0.15) is 64.2 Å². The molecule has 5 fully saturated rings. The largest absolute Gasteiger partial charge is 0.369 e. The third kappa shape index (κ3) is 3.60. The molecule has 0 aliphatic heterocycles. The summed E-state index contributed by atoms with van der Waals surface area (Å²) in [5, 5.41) is 3.29. The molecule has 2 unspecified atom stereocenters. The molecule has 174 valence electrons. The van der Waals surface area contributed by atoms with E-state index < -0.39 is 26.5 Å². The van der Waals surface area contributed by atoms with E-state index in [1.54, 1.807) is 18.2 Å². The van der Waals surface area contributed by atoms with Gasteiger partial charge in [0.2, 0.25) is 21.8 Å². The quantitative estimate of drug-likeness (QED) is 0.530. The number of benzene rings is 1. The third-order valence-electron chi connectivity index (χ3n) is 8.31. The molecule has 32 heavy (non-hydrogen) atoms. The van der Waals surface area contributed by atoms with Gasteiger partial charge >= 0.3 is 0 Å². The van der Waals surface area contributed by atoms with Gasteiger partial charge < -0.3 is 11.1 Å². The number of primary amides is 1. The molecule has 0 spiro atoms. The summed E-state index contributed by atoms with van der Waals surface area (Å²) in [4.78, 5) is 26.3. The van der Waals surface area contributed by atoms with Crippen LogP contribution in [0.5, 0.6) is 0 Å². The fraction of sp³-hybridized carbons (Fsp3) is 0.652. The van der Waals surface area contributed by atoms with E-state index in [-0.39, 0.29) is 16.7 Å². The molecule has 9 heteroatoms. The zero-order chi connectivity index (χ0) is 22.8. The van der Waals surface area contributed by atoms with Gasteiger partial charge in [-0.25, -0.2) is 8.42 Å². The number of amides is 2. The molecule has 0 saturated heterocycles. The van der Waals surface area contributed by atoms with Crippen molar-refractivity contribution >= 4 is 37.8 Å². The van der Waals surface area contributed by atoms with Crippen molar-refractivity contribution in [2.45, 2.75) is 80.2 Å². The Labute approximate surface area is 197 Å². The maximum absolute atomic E-state index is 13.8. The molecular formula is C23H30BrN3O4S. The first-order valence-electron chi connectivity index (χ1n) is 11.5. The van der Waals surface area contributed by atoms with Gasteiger partial charge in [-0.2, -0.15) is 4.72 Å². The summed E-state index contributed by atoms with van der Waals surface area (Å²) in [6, 6.07) is 6.62. The lowest BCUT2D eigenvalue weighted by atomic mass is 9.46. The van der Waals surface area contributed by atoms with Gasteiger partial charge in [0.25, 0.3) is 0 Å². The Hall–Kier alpha value is -1.45. The van der Waals surface area contributed by atoms with E-state index in [4.69, 9.17) is 5.73 Å². The summed E-state index contributed by atoms with van der Waals surface area (Å²) in [6.45, 7) is 0. The summed E-state index contributed by atoms with van der Waals surface area (Å²) in [6.07, 6.45) is 7.48. The fourth-order valence-electron chi connectivity index (χ4n) is 7.39. The molecule has 4 bridgehead atoms. The molecular weight excluding hydrogens is 494 g/mol. The maximum Gasteiger partial charge on any atom is 0.242 e. The van der Waals surface area contributed by atoms with Crippen LogP contribution < -0.4 is 15.8 Å². The molecule has 4 N–H and O–H groups in total. The molecule has 6 rings (SSSR count). The SMILES string of the molecule is NC(=O)C12CC3CC(CC(NC(=O)C4(NS(=O)(=O)c5ccccc5Br)CCCC4)(C3)C1)C2. The van der Waals surface area contributed by atoms with Crippen LogP contribution in [0.3, 0.4) is 0 Å². The normalized spacial score (nSPS) is 35.0. The van der Waals surface area contributed by atoms with E-state index in [2.05, 4.69) is 26.0 Å². The third-order valence-corrected chi connectivity index (χ3v) is 10.9. The standard InChI is InChI=1S/C23H30BrN3O4S/c24-17-5-1-2-6-18(17)32(30,31)27-23(7-3-4-8-23)20(29)26-22-12-15-9-16(13-22)11-21(10-15,14-22)19(25)28/h1-2,5-6,15-16,27H,3-4,7-14H2,(H2,25,28)(H,26,29). The summed E-state index contributed by atoms with van der Waals surface area (Å²) in [5.41, 5.74) is 3.67. The zero-order valence-electron chi connectivity index (χ0n) is 18.0. The minimum atomic E-state index is -3.90. The highest BCUT2D eigenvalue weighted by atomic mass is 79.9. The van der Waals surface area contributed by atoms with E-state index in [1.807, 2.05) is 0 Å². The van der Waals surface area contributed by atoms with Gasteiger partial charge in [0.05, 0.1) is 10.3 Å². The number of rotatable bonds is 6. The van der Waals surface area contributed by atoms with Crippen molar-refractivity contribution in [1.29, 1.82) is 0 Å². The van der Waals surface area contributed by atoms with Crippen LogP contribution in [0.25, 0.3) is 0 Å². The molecule has 5 saturated carbocycles. The lowest BCUT2D eigenvalue weighted by Crippen LogP contribution is -2.69. The Kier molecular flexibility index (Phi) is 5.26. The molecule has 1 aromatic rings. The van der Waals surface area contributed by atoms with E-state index in [9.17, 15) is 18.0 Å². The summed E-state index contributed by atoms with van der Waals surface area (Å²) in [7, 11) is -3.90. The van der Waals surface area contributed by atoms with E-state index in [0.717, 1.165) is 44.9 Å². The highest BCUT2D eigenvalue weighted by Crippen LogP contribution is 2.61. The number of nitrogens with one attached hydrogen (secondary N) is 2. The summed E-state index contributed by atoms with van der Waals surface area (Å²) >= 11 is 3.32. The van der Waals surface area contributed by atoms with Gasteiger partial charge in [-0.15, -0.1) is 0 Å². The number of halogens is 1. The van der Waals surface area contributed by atoms with Crippen molar-refractivity contribution in [2.75, 3.05) is 0 Å². The van der Waals surface area contributed by atoms with E-state index in [0.29, 0.717) is 35.6 Å². The van der Waals surface area contributed by atoms with Crippen LogP contribution in [-0.4, -0.2) is 31.3 Å². The molecule has 2 atom stereocenters. The first-order valence-corrected chi connectivity index (χ1v) is 13.8. The second kappa shape index (κ2) is 7.53. The Balaban J connectivity index is 1.42. The number of nitrogens with two attached hydrogens (primary N) is 1. The predicted octanol–water partition coefficient (Wildman–Crippen LogP) is 2.98. The van der Waals surface area contributed by atoms with Gasteiger partial charge in [-0.1, -0.05) is 25.0 Å². The second-order valence-corrected chi connectivity index (χ2v) is 13.2. The van der Waals surface area contributed by atoms with Crippen molar-refractivity contribution in [1.82, 2.24) is 10.0 Å². The van der Waals surface area contributed by atoms with Gasteiger partial charge in [0.1, 0.15) is 5.54 Å². The molecule has 2 amide bonds. The highest BCUT2D eigenvalue weighted by molar-refractivity contribution is 9.10. The number of hydrogen-bond acceptors (Lipinski definition) is 4. The smallest absolute Gasteiger partial charge is 0.242 e. The average Bonchev–Trinajstić information content (AvgIpc) is 3.16. The minimum absolute atomic E-state index is 0.126. The molecule has 5 aliphatic carbocycles. The number of carbonyl (C=O) groups is 2. The molecule has 0 aromatic heterocycles. The number of carbonyl (C=O) groups excluding carboxylic acids is 2. The average molecular weight is 524 g/mol. The molecule has 1 aromatic carbocycles. The number of sulfonamides is 1. The van der Waals surface area contributed by atoms with Gasteiger partial charge in [0.15, 0.2) is 0 Å². The van der Waals surface area contributed by atoms with Gasteiger partial charge in [-0.05, 0) is 91.3 Å². The molecule has 7 nitrogen and oxygen atoms in total. The minimum Gasteiger partial charge on any atom is -0.369 e. The summed E-state index contributed by atoms with van der Waals surface area (Å²) < 4.78 is 29.7. The Morgan fingerprint density at radius 2 is 1.66 bits per heavy atom. The molecule has 5 aliphatic rings. The number of hydrogen-bond donors (Lipinski definition) is 3. The van der Waals surface area contributed by atoms with Crippen molar-refractivity contribution < 1.29 is 18.0 Å². The van der Waals surface area contributed by atoms with E-state index in [1.165, 1.54) is 6.07 Å². The lowest BCUT2D eigenvalue weighted by Gasteiger charge is -2.61. The van der Waals surface area contributed by atoms with Crippen molar-refractivity contribution in [3.63, 3.8) is 0 Å². The Morgan fingerprint density at radius 1 is 1.03 bits per heavy atom. The van der Waals surface area contributed by atoms with Crippen molar-refractivity contribution in [2.24, 2.45) is 23.0 Å². The van der Waals surface area contributed by atoms with Crippen molar-refractivity contribution in [3.05, 3.63) is 28.7 Å². The molecule has 0 heterocycles. The van der Waals surface area contributed by atoms with Crippen molar-refractivity contribution in [3.8, 4) is 0 Å². The van der Waals surface area contributed by atoms with Crippen LogP contribution >= 0.6 is 15.9 Å². The Morgan fingerprint density at radius 3 is 2.25 bits per heavy atom. The van der Waals surface area contributed by atoms with Crippen LogP contribution in [0.15, 0.2) is 33.6 Å². The van der Waals surface area contributed by atoms with Crippen LogP contribution in [0.2, 0.25) is 0 Å². The predicted molar refractivity (Wildman–Crippen MR) is 123 cm³/mol. The van der Waals surface area contributed by atoms with Crippen LogP contribution in [0, 0.1) is 17.3 Å². The van der Waals surface area contributed by atoms with Crippen LogP contribution in [-0.2, 0) is 19.6 Å². The van der Waals surface area contributed by atoms with Gasteiger partial charge in [-0.3, -0.25) is 9.59 Å².